The van der Waals surface area contributed by atoms with Gasteiger partial charge in [0.1, 0.15) is 12.4 Å². The molecule has 5 heteroatoms. The second-order valence-corrected chi connectivity index (χ2v) is 4.31. The number of nitrogens with zero attached hydrogens (tertiary/aromatic N) is 1. The minimum absolute atomic E-state index is 0.103. The summed E-state index contributed by atoms with van der Waals surface area (Å²) >= 11 is 0. The average Bonchev–Trinajstić information content (AvgIpc) is 2.36. The normalized spacial score (nSPS) is 11.1. The van der Waals surface area contributed by atoms with Gasteiger partial charge in [-0.3, -0.25) is 9.78 Å². The number of carbonyl (C=O) groups is 1. The summed E-state index contributed by atoms with van der Waals surface area (Å²) in [7, 11) is 1.35. The predicted octanol–water partition coefficient (Wildman–Crippen LogP) is 1.15. The standard InChI is InChI=1S/C12H17NO4/c1-12(2,11(15)16-3)8-17-10-5-4-9(7-14)13-6-10/h4-6,14H,7-8H2,1-3H3. The second-order valence-electron chi connectivity index (χ2n) is 4.31. The van der Waals surface area contributed by atoms with E-state index in [1.807, 2.05) is 0 Å². The van der Waals surface area contributed by atoms with Crippen molar-refractivity contribution in [2.45, 2.75) is 20.5 Å². The Morgan fingerprint density at radius 3 is 2.65 bits per heavy atom. The van der Waals surface area contributed by atoms with Crippen molar-refractivity contribution in [3.63, 3.8) is 0 Å². The van der Waals surface area contributed by atoms with Crippen LogP contribution in [0, 0.1) is 5.41 Å². The zero-order valence-corrected chi connectivity index (χ0v) is 10.3. The van der Waals surface area contributed by atoms with Gasteiger partial charge in [0, 0.05) is 0 Å². The molecule has 0 bridgehead atoms. The van der Waals surface area contributed by atoms with Gasteiger partial charge in [0.25, 0.3) is 0 Å². The largest absolute Gasteiger partial charge is 0.491 e. The second kappa shape index (κ2) is 5.63. The van der Waals surface area contributed by atoms with Gasteiger partial charge < -0.3 is 14.6 Å². The Morgan fingerprint density at radius 1 is 1.47 bits per heavy atom. The number of hydrogen-bond acceptors (Lipinski definition) is 5. The Morgan fingerprint density at radius 2 is 2.18 bits per heavy atom. The van der Waals surface area contributed by atoms with E-state index in [-0.39, 0.29) is 19.2 Å². The highest BCUT2D eigenvalue weighted by molar-refractivity contribution is 5.75. The minimum Gasteiger partial charge on any atom is -0.491 e. The Labute approximate surface area is 100 Å². The number of ether oxygens (including phenoxy) is 2. The number of hydrogen-bond donors (Lipinski definition) is 1. The summed E-state index contributed by atoms with van der Waals surface area (Å²) in [5, 5.41) is 8.83. The first-order valence-corrected chi connectivity index (χ1v) is 5.26. The number of methoxy groups -OCH3 is 1. The lowest BCUT2D eigenvalue weighted by atomic mass is 9.95. The molecule has 0 saturated heterocycles. The van der Waals surface area contributed by atoms with E-state index in [1.54, 1.807) is 26.0 Å². The van der Waals surface area contributed by atoms with Crippen LogP contribution < -0.4 is 4.74 Å². The molecule has 0 amide bonds. The van der Waals surface area contributed by atoms with Crippen molar-refractivity contribution in [1.82, 2.24) is 4.98 Å². The van der Waals surface area contributed by atoms with E-state index in [0.29, 0.717) is 11.4 Å². The third-order valence-corrected chi connectivity index (χ3v) is 2.30. The zero-order valence-electron chi connectivity index (χ0n) is 10.3. The molecule has 0 atom stereocenters. The number of carbonyl (C=O) groups excluding carboxylic acids is 1. The lowest BCUT2D eigenvalue weighted by molar-refractivity contribution is -0.152. The van der Waals surface area contributed by atoms with Crippen LogP contribution in [0.25, 0.3) is 0 Å². The smallest absolute Gasteiger partial charge is 0.314 e. The van der Waals surface area contributed by atoms with Crippen LogP contribution in [0.3, 0.4) is 0 Å². The molecule has 0 aliphatic carbocycles. The van der Waals surface area contributed by atoms with Gasteiger partial charge in [0.2, 0.25) is 0 Å². The first kappa shape index (κ1) is 13.4. The van der Waals surface area contributed by atoms with E-state index in [4.69, 9.17) is 9.84 Å². The van der Waals surface area contributed by atoms with Gasteiger partial charge in [-0.05, 0) is 26.0 Å². The van der Waals surface area contributed by atoms with E-state index in [0.717, 1.165) is 0 Å². The molecule has 0 unspecified atom stereocenters. The van der Waals surface area contributed by atoms with Crippen LogP contribution in [-0.2, 0) is 16.1 Å². The molecule has 0 saturated carbocycles. The number of aliphatic hydroxyl groups is 1. The molecule has 1 N–H and O–H groups in total. The van der Waals surface area contributed by atoms with E-state index in [2.05, 4.69) is 9.72 Å². The highest BCUT2D eigenvalue weighted by Gasteiger charge is 2.29. The first-order chi connectivity index (χ1) is 7.99. The highest BCUT2D eigenvalue weighted by Crippen LogP contribution is 2.19. The fourth-order valence-corrected chi connectivity index (χ4v) is 1.19. The van der Waals surface area contributed by atoms with Crippen LogP contribution in [0.15, 0.2) is 18.3 Å². The Hall–Kier alpha value is -1.62. The molecular formula is C12H17NO4. The van der Waals surface area contributed by atoms with Crippen LogP contribution >= 0.6 is 0 Å². The van der Waals surface area contributed by atoms with Crippen molar-refractivity contribution >= 4 is 5.97 Å². The SMILES string of the molecule is COC(=O)C(C)(C)COc1ccc(CO)nc1. The van der Waals surface area contributed by atoms with E-state index < -0.39 is 5.41 Å². The molecule has 1 heterocycles. The summed E-state index contributed by atoms with van der Waals surface area (Å²) in [6.07, 6.45) is 1.51. The van der Waals surface area contributed by atoms with Gasteiger partial charge in [-0.1, -0.05) is 0 Å². The molecule has 1 aromatic heterocycles. The van der Waals surface area contributed by atoms with Crippen molar-refractivity contribution in [3.05, 3.63) is 24.0 Å². The van der Waals surface area contributed by atoms with E-state index in [1.165, 1.54) is 13.3 Å². The lowest BCUT2D eigenvalue weighted by Gasteiger charge is -2.21. The number of aliphatic hydroxyl groups excluding tert-OH is 1. The van der Waals surface area contributed by atoms with Gasteiger partial charge >= 0.3 is 5.97 Å². The third-order valence-electron chi connectivity index (χ3n) is 2.30. The first-order valence-electron chi connectivity index (χ1n) is 5.26. The highest BCUT2D eigenvalue weighted by atomic mass is 16.5. The monoisotopic (exact) mass is 239 g/mol. The van der Waals surface area contributed by atoms with Gasteiger partial charge in [0.15, 0.2) is 0 Å². The van der Waals surface area contributed by atoms with Crippen LogP contribution in [-0.4, -0.2) is 29.8 Å². The van der Waals surface area contributed by atoms with Crippen LogP contribution in [0.5, 0.6) is 5.75 Å². The number of rotatable bonds is 5. The molecular weight excluding hydrogens is 222 g/mol. The molecule has 0 fully saturated rings. The predicted molar refractivity (Wildman–Crippen MR) is 61.5 cm³/mol. The molecule has 0 spiro atoms. The molecule has 0 aliphatic heterocycles. The summed E-state index contributed by atoms with van der Waals surface area (Å²) in [5.41, 5.74) is -0.130. The van der Waals surface area contributed by atoms with E-state index in [9.17, 15) is 4.79 Å². The fourth-order valence-electron chi connectivity index (χ4n) is 1.19. The molecule has 0 aromatic carbocycles. The van der Waals surface area contributed by atoms with Crippen molar-refractivity contribution in [3.8, 4) is 5.75 Å². The lowest BCUT2D eigenvalue weighted by Crippen LogP contribution is -2.32. The van der Waals surface area contributed by atoms with Crippen LogP contribution in [0.4, 0.5) is 0 Å². The summed E-state index contributed by atoms with van der Waals surface area (Å²) < 4.78 is 10.1. The van der Waals surface area contributed by atoms with Crippen molar-refractivity contribution in [1.29, 1.82) is 0 Å². The van der Waals surface area contributed by atoms with Crippen molar-refractivity contribution < 1.29 is 19.4 Å². The Balaban J connectivity index is 2.57. The van der Waals surface area contributed by atoms with Gasteiger partial charge in [0.05, 0.1) is 31.0 Å². The third kappa shape index (κ3) is 3.71. The molecule has 17 heavy (non-hydrogen) atoms. The zero-order chi connectivity index (χ0) is 12.9. The molecule has 94 valence electrons. The minimum atomic E-state index is -0.704. The topological polar surface area (TPSA) is 68.7 Å². The average molecular weight is 239 g/mol. The number of pyridine rings is 1. The van der Waals surface area contributed by atoms with Crippen molar-refractivity contribution in [2.75, 3.05) is 13.7 Å². The van der Waals surface area contributed by atoms with Crippen molar-refractivity contribution in [2.24, 2.45) is 5.41 Å². The Bertz CT molecular complexity index is 373. The maximum absolute atomic E-state index is 11.4. The summed E-state index contributed by atoms with van der Waals surface area (Å²) in [5.74, 6) is 0.233. The van der Waals surface area contributed by atoms with Gasteiger partial charge in [-0.2, -0.15) is 0 Å². The maximum Gasteiger partial charge on any atom is 0.314 e. The molecule has 5 nitrogen and oxygen atoms in total. The molecule has 1 rings (SSSR count). The van der Waals surface area contributed by atoms with E-state index >= 15 is 0 Å². The number of esters is 1. The Kier molecular flexibility index (Phi) is 4.45. The molecule has 0 radical (unpaired) electrons. The maximum atomic E-state index is 11.4. The summed E-state index contributed by atoms with van der Waals surface area (Å²) in [4.78, 5) is 15.4. The molecule has 1 aromatic rings. The quantitative estimate of drug-likeness (QED) is 0.781. The summed E-state index contributed by atoms with van der Waals surface area (Å²) in [6.45, 7) is 3.59. The van der Waals surface area contributed by atoms with Gasteiger partial charge in [-0.15, -0.1) is 0 Å². The fraction of sp³-hybridized carbons (Fsp3) is 0.500. The van der Waals surface area contributed by atoms with Crippen LogP contribution in [0.2, 0.25) is 0 Å². The molecule has 0 aliphatic rings. The van der Waals surface area contributed by atoms with Crippen LogP contribution in [0.1, 0.15) is 19.5 Å². The van der Waals surface area contributed by atoms with Gasteiger partial charge in [-0.25, -0.2) is 0 Å². The summed E-state index contributed by atoms with van der Waals surface area (Å²) in [6, 6.07) is 3.37. The number of aromatic nitrogens is 1.